The molecule has 0 radical (unpaired) electrons. The predicted octanol–water partition coefficient (Wildman–Crippen LogP) is 3.67. The average Bonchev–Trinajstić information content (AvgIpc) is 3.15. The lowest BCUT2D eigenvalue weighted by Gasteiger charge is -2.14. The first-order valence-corrected chi connectivity index (χ1v) is 9.52. The van der Waals surface area contributed by atoms with E-state index in [0.29, 0.717) is 11.2 Å². The van der Waals surface area contributed by atoms with Gasteiger partial charge in [0.15, 0.2) is 0 Å². The number of benzene rings is 2. The fraction of sp³-hybridized carbons (Fsp3) is 0.143. The Labute approximate surface area is 169 Å². The Morgan fingerprint density at radius 2 is 1.89 bits per heavy atom. The van der Waals surface area contributed by atoms with Crippen molar-refractivity contribution >= 4 is 21.4 Å². The fourth-order valence-electron chi connectivity index (χ4n) is 3.10. The van der Waals surface area contributed by atoms with Crippen LogP contribution in [0.2, 0.25) is 0 Å². The molecule has 0 saturated carbocycles. The number of halogens is 1. The summed E-state index contributed by atoms with van der Waals surface area (Å²) in [5.74, 6) is 0.760. The van der Waals surface area contributed by atoms with Gasteiger partial charge < -0.3 is 14.4 Å². The van der Waals surface area contributed by atoms with Crippen molar-refractivity contribution < 1.29 is 9.84 Å². The third-order valence-electron chi connectivity index (χ3n) is 4.62. The summed E-state index contributed by atoms with van der Waals surface area (Å²) >= 11 is 3.44. The van der Waals surface area contributed by atoms with Crippen LogP contribution in [0.1, 0.15) is 11.7 Å². The van der Waals surface area contributed by atoms with Crippen molar-refractivity contribution in [1.82, 2.24) is 14.2 Å². The molecule has 142 valence electrons. The molecule has 0 aliphatic heterocycles. The predicted molar refractivity (Wildman–Crippen MR) is 111 cm³/mol. The van der Waals surface area contributed by atoms with Gasteiger partial charge in [-0.15, -0.1) is 0 Å². The minimum absolute atomic E-state index is 0.154. The van der Waals surface area contributed by atoms with Gasteiger partial charge in [-0.1, -0.05) is 34.1 Å². The van der Waals surface area contributed by atoms with Crippen LogP contribution in [0.3, 0.4) is 0 Å². The molecule has 2 aromatic carbocycles. The van der Waals surface area contributed by atoms with E-state index in [0.717, 1.165) is 21.3 Å². The second-order valence-electron chi connectivity index (χ2n) is 6.38. The Hall–Kier alpha value is -2.90. The largest absolute Gasteiger partial charge is 0.497 e. The Morgan fingerprint density at radius 3 is 2.61 bits per heavy atom. The highest BCUT2D eigenvalue weighted by Crippen LogP contribution is 2.24. The Bertz CT molecular complexity index is 1180. The van der Waals surface area contributed by atoms with Gasteiger partial charge in [-0.2, -0.15) is 5.10 Å². The normalized spacial score (nSPS) is 12.2. The molecule has 0 aliphatic carbocycles. The first kappa shape index (κ1) is 18.5. The van der Waals surface area contributed by atoms with Crippen LogP contribution in [0.4, 0.5) is 0 Å². The minimum Gasteiger partial charge on any atom is -0.497 e. The van der Waals surface area contributed by atoms with Crippen LogP contribution < -0.4 is 10.3 Å². The van der Waals surface area contributed by atoms with Crippen LogP contribution in [-0.2, 0) is 6.54 Å². The molecule has 1 N–H and O–H groups in total. The Kier molecular flexibility index (Phi) is 5.02. The van der Waals surface area contributed by atoms with Gasteiger partial charge in [0.25, 0.3) is 5.56 Å². The molecular weight excluding hydrogens is 422 g/mol. The molecule has 7 heteroatoms. The van der Waals surface area contributed by atoms with E-state index in [1.54, 1.807) is 30.1 Å². The van der Waals surface area contributed by atoms with Gasteiger partial charge in [0.1, 0.15) is 11.3 Å². The molecule has 28 heavy (non-hydrogen) atoms. The van der Waals surface area contributed by atoms with Crippen molar-refractivity contribution in [3.8, 4) is 17.0 Å². The van der Waals surface area contributed by atoms with Crippen LogP contribution in [0.15, 0.2) is 76.3 Å². The molecule has 4 rings (SSSR count). The van der Waals surface area contributed by atoms with E-state index in [9.17, 15) is 9.90 Å². The van der Waals surface area contributed by atoms with Crippen LogP contribution in [0.25, 0.3) is 16.8 Å². The monoisotopic (exact) mass is 439 g/mol. The summed E-state index contributed by atoms with van der Waals surface area (Å²) in [7, 11) is 1.62. The number of rotatable bonds is 5. The molecule has 2 heterocycles. The number of fused-ring (bicyclic) bond motifs is 1. The third-order valence-corrected chi connectivity index (χ3v) is 5.35. The Morgan fingerprint density at radius 1 is 1.14 bits per heavy atom. The SMILES string of the molecule is COc1ccc(-c2cc3c(=O)n(CC(O)c4ccccc4Br)ccn3n2)cc1. The molecule has 0 saturated heterocycles. The number of aromatic nitrogens is 3. The smallest absolute Gasteiger partial charge is 0.276 e. The van der Waals surface area contributed by atoms with Gasteiger partial charge in [0.05, 0.1) is 25.5 Å². The lowest BCUT2D eigenvalue weighted by molar-refractivity contribution is 0.154. The molecule has 6 nitrogen and oxygen atoms in total. The lowest BCUT2D eigenvalue weighted by atomic mass is 10.1. The zero-order valence-electron chi connectivity index (χ0n) is 15.1. The van der Waals surface area contributed by atoms with Gasteiger partial charge >= 0.3 is 0 Å². The van der Waals surface area contributed by atoms with Crippen molar-refractivity contribution in [2.45, 2.75) is 12.6 Å². The van der Waals surface area contributed by atoms with Crippen molar-refractivity contribution in [1.29, 1.82) is 0 Å². The highest BCUT2D eigenvalue weighted by molar-refractivity contribution is 9.10. The van der Waals surface area contributed by atoms with Crippen LogP contribution in [0.5, 0.6) is 5.75 Å². The van der Waals surface area contributed by atoms with E-state index >= 15 is 0 Å². The first-order valence-electron chi connectivity index (χ1n) is 8.72. The van der Waals surface area contributed by atoms with Gasteiger partial charge in [-0.05, 0) is 42.0 Å². The highest BCUT2D eigenvalue weighted by Gasteiger charge is 2.14. The lowest BCUT2D eigenvalue weighted by Crippen LogP contribution is -2.24. The summed E-state index contributed by atoms with van der Waals surface area (Å²) in [6, 6.07) is 16.7. The minimum atomic E-state index is -0.806. The van der Waals surface area contributed by atoms with E-state index in [1.807, 2.05) is 48.5 Å². The van der Waals surface area contributed by atoms with Crippen molar-refractivity contribution in [3.05, 3.63) is 87.4 Å². The van der Waals surface area contributed by atoms with Crippen LogP contribution in [0, 0.1) is 0 Å². The molecule has 1 unspecified atom stereocenters. The zero-order valence-corrected chi connectivity index (χ0v) is 16.7. The molecule has 0 aliphatic rings. The molecule has 4 aromatic rings. The summed E-state index contributed by atoms with van der Waals surface area (Å²) in [6.45, 7) is 0.154. The maximum absolute atomic E-state index is 12.9. The van der Waals surface area contributed by atoms with E-state index in [2.05, 4.69) is 21.0 Å². The third kappa shape index (κ3) is 3.46. The summed E-state index contributed by atoms with van der Waals surface area (Å²) < 4.78 is 9.04. The van der Waals surface area contributed by atoms with Gasteiger partial charge in [-0.3, -0.25) is 4.79 Å². The standard InChI is InChI=1S/C21H18BrN3O3/c1-28-15-8-6-14(7-9-15)18-12-19-21(27)24(10-11-25(19)23-18)13-20(26)16-4-2-3-5-17(16)22/h2-12,20,26H,13H2,1H3. The summed E-state index contributed by atoms with van der Waals surface area (Å²) in [4.78, 5) is 12.9. The number of hydrogen-bond acceptors (Lipinski definition) is 4. The highest BCUT2D eigenvalue weighted by atomic mass is 79.9. The van der Waals surface area contributed by atoms with Crippen molar-refractivity contribution in [2.75, 3.05) is 7.11 Å². The molecule has 0 fully saturated rings. The van der Waals surface area contributed by atoms with Gasteiger partial charge in [0.2, 0.25) is 0 Å². The van der Waals surface area contributed by atoms with Crippen molar-refractivity contribution in [3.63, 3.8) is 0 Å². The topological polar surface area (TPSA) is 68.8 Å². The first-order chi connectivity index (χ1) is 13.6. The van der Waals surface area contributed by atoms with Gasteiger partial charge in [-0.25, -0.2) is 4.52 Å². The number of aliphatic hydroxyl groups is 1. The maximum Gasteiger partial charge on any atom is 0.276 e. The maximum atomic E-state index is 12.9. The molecule has 0 amide bonds. The summed E-state index contributed by atoms with van der Waals surface area (Å²) in [5, 5.41) is 15.0. The number of aliphatic hydroxyl groups excluding tert-OH is 1. The number of hydrogen-bond donors (Lipinski definition) is 1. The molecule has 1 atom stereocenters. The summed E-state index contributed by atoms with van der Waals surface area (Å²) in [5.41, 5.74) is 2.57. The number of ether oxygens (including phenoxy) is 1. The zero-order chi connectivity index (χ0) is 19.7. The average molecular weight is 440 g/mol. The van der Waals surface area contributed by atoms with Gasteiger partial charge in [0, 0.05) is 22.4 Å². The van der Waals surface area contributed by atoms with E-state index < -0.39 is 6.10 Å². The Balaban J connectivity index is 1.67. The fourth-order valence-corrected chi connectivity index (χ4v) is 3.65. The second kappa shape index (κ2) is 7.61. The second-order valence-corrected chi connectivity index (χ2v) is 7.24. The molecule has 0 spiro atoms. The quantitative estimate of drug-likeness (QED) is 0.514. The van der Waals surface area contributed by atoms with Crippen molar-refractivity contribution in [2.24, 2.45) is 0 Å². The number of methoxy groups -OCH3 is 1. The van der Waals surface area contributed by atoms with E-state index in [4.69, 9.17) is 4.74 Å². The summed E-state index contributed by atoms with van der Waals surface area (Å²) in [6.07, 6.45) is 2.55. The molecule has 2 aromatic heterocycles. The van der Waals surface area contributed by atoms with E-state index in [-0.39, 0.29) is 12.1 Å². The van der Waals surface area contributed by atoms with Crippen LogP contribution in [-0.4, -0.2) is 26.4 Å². The molecular formula is C21H18BrN3O3. The number of nitrogens with zero attached hydrogens (tertiary/aromatic N) is 3. The molecule has 0 bridgehead atoms. The van der Waals surface area contributed by atoms with E-state index in [1.165, 1.54) is 4.57 Å². The van der Waals surface area contributed by atoms with Crippen LogP contribution >= 0.6 is 15.9 Å².